The lowest BCUT2D eigenvalue weighted by Gasteiger charge is -2.44. The van der Waals surface area contributed by atoms with Crippen molar-refractivity contribution in [1.29, 1.82) is 0 Å². The Morgan fingerprint density at radius 3 is 2.63 bits per heavy atom. The van der Waals surface area contributed by atoms with Gasteiger partial charge in [0.2, 0.25) is 0 Å². The number of nitrogens with two attached hydrogens (primary N) is 1. The third-order valence-electron chi connectivity index (χ3n) is 5.75. The quantitative estimate of drug-likeness (QED) is 0.842. The Balaban J connectivity index is 1.97. The molecule has 0 bridgehead atoms. The fourth-order valence-electron chi connectivity index (χ4n) is 4.25. The minimum atomic E-state index is 0.344. The maximum Gasteiger partial charge on any atom is 0.0131 e. The molecule has 1 aliphatic carbocycles. The van der Waals surface area contributed by atoms with Gasteiger partial charge < -0.3 is 10.6 Å². The van der Waals surface area contributed by atoms with E-state index in [1.54, 1.807) is 0 Å². The molecule has 1 saturated heterocycles. The molecule has 112 valence electrons. The molecule has 2 fully saturated rings. The summed E-state index contributed by atoms with van der Waals surface area (Å²) < 4.78 is 0. The fraction of sp³-hybridized carbons (Fsp3) is 1.00. The van der Waals surface area contributed by atoms with Gasteiger partial charge in [0.1, 0.15) is 0 Å². The second kappa shape index (κ2) is 6.58. The van der Waals surface area contributed by atoms with Crippen LogP contribution in [-0.2, 0) is 0 Å². The third-order valence-corrected chi connectivity index (χ3v) is 5.75. The van der Waals surface area contributed by atoms with Crippen molar-refractivity contribution in [2.24, 2.45) is 17.1 Å². The van der Waals surface area contributed by atoms with Gasteiger partial charge in [0.25, 0.3) is 0 Å². The van der Waals surface area contributed by atoms with Gasteiger partial charge in [-0.05, 0) is 50.0 Å². The molecule has 2 N–H and O–H groups in total. The Kier molecular flexibility index (Phi) is 5.30. The summed E-state index contributed by atoms with van der Waals surface area (Å²) in [6.07, 6.45) is 11.0. The average molecular weight is 266 g/mol. The first-order chi connectivity index (χ1) is 9.04. The molecule has 2 aliphatic rings. The number of rotatable bonds is 3. The molecule has 2 nitrogen and oxygen atoms in total. The highest BCUT2D eigenvalue weighted by Gasteiger charge is 2.37. The van der Waals surface area contributed by atoms with E-state index in [1.165, 1.54) is 64.5 Å². The molecule has 2 heteroatoms. The summed E-state index contributed by atoms with van der Waals surface area (Å²) in [7, 11) is 0. The molecule has 0 radical (unpaired) electrons. The Morgan fingerprint density at radius 1 is 1.11 bits per heavy atom. The summed E-state index contributed by atoms with van der Waals surface area (Å²) in [4.78, 5) is 2.78. The summed E-state index contributed by atoms with van der Waals surface area (Å²) in [5.74, 6) is 0.718. The van der Waals surface area contributed by atoms with E-state index in [0.717, 1.165) is 12.0 Å². The van der Waals surface area contributed by atoms with E-state index in [-0.39, 0.29) is 0 Å². The Bertz CT molecular complexity index is 274. The first-order valence-electron chi connectivity index (χ1n) is 8.54. The van der Waals surface area contributed by atoms with Gasteiger partial charge in [-0.1, -0.05) is 40.0 Å². The molecular weight excluding hydrogens is 232 g/mol. The van der Waals surface area contributed by atoms with Crippen LogP contribution in [0.2, 0.25) is 0 Å². The van der Waals surface area contributed by atoms with E-state index >= 15 is 0 Å². The highest BCUT2D eigenvalue weighted by Crippen LogP contribution is 2.38. The van der Waals surface area contributed by atoms with Crippen LogP contribution in [0, 0.1) is 11.3 Å². The van der Waals surface area contributed by atoms with E-state index < -0.39 is 0 Å². The van der Waals surface area contributed by atoms with Crippen molar-refractivity contribution < 1.29 is 0 Å². The monoisotopic (exact) mass is 266 g/mol. The Hall–Kier alpha value is -0.0800. The van der Waals surface area contributed by atoms with Crippen LogP contribution in [0.3, 0.4) is 0 Å². The summed E-state index contributed by atoms with van der Waals surface area (Å²) in [5.41, 5.74) is 6.92. The van der Waals surface area contributed by atoms with Crippen LogP contribution in [0.1, 0.15) is 72.1 Å². The molecule has 0 spiro atoms. The second-order valence-electron chi connectivity index (χ2n) is 7.57. The van der Waals surface area contributed by atoms with Crippen molar-refractivity contribution in [3.05, 3.63) is 0 Å². The molecule has 0 amide bonds. The van der Waals surface area contributed by atoms with Gasteiger partial charge in [-0.15, -0.1) is 0 Å². The third kappa shape index (κ3) is 3.72. The van der Waals surface area contributed by atoms with Crippen LogP contribution < -0.4 is 5.73 Å². The van der Waals surface area contributed by atoms with Crippen LogP contribution in [0.25, 0.3) is 0 Å². The number of likely N-dealkylation sites (tertiary alicyclic amines) is 1. The number of hydrogen-bond acceptors (Lipinski definition) is 2. The fourth-order valence-corrected chi connectivity index (χ4v) is 4.25. The molecule has 3 unspecified atom stereocenters. The maximum atomic E-state index is 6.57. The van der Waals surface area contributed by atoms with E-state index in [9.17, 15) is 0 Å². The van der Waals surface area contributed by atoms with Crippen LogP contribution >= 0.6 is 0 Å². The van der Waals surface area contributed by atoms with Gasteiger partial charge >= 0.3 is 0 Å². The van der Waals surface area contributed by atoms with Gasteiger partial charge in [0, 0.05) is 18.6 Å². The summed E-state index contributed by atoms with van der Waals surface area (Å²) in [5, 5.41) is 0. The normalized spacial score (nSPS) is 36.9. The molecule has 19 heavy (non-hydrogen) atoms. The zero-order chi connectivity index (χ0) is 13.9. The van der Waals surface area contributed by atoms with Crippen LogP contribution in [0.15, 0.2) is 0 Å². The zero-order valence-electron chi connectivity index (χ0n) is 13.3. The summed E-state index contributed by atoms with van der Waals surface area (Å²) in [6, 6.07) is 1.21. The van der Waals surface area contributed by atoms with Crippen molar-refractivity contribution >= 4 is 0 Å². The predicted octanol–water partition coefficient (Wildman–Crippen LogP) is 3.79. The van der Waals surface area contributed by atoms with Crippen molar-refractivity contribution in [1.82, 2.24) is 4.90 Å². The van der Waals surface area contributed by atoms with Crippen LogP contribution in [-0.4, -0.2) is 30.1 Å². The highest BCUT2D eigenvalue weighted by molar-refractivity contribution is 4.93. The lowest BCUT2D eigenvalue weighted by molar-refractivity contribution is 0.0832. The Morgan fingerprint density at radius 2 is 1.89 bits per heavy atom. The largest absolute Gasteiger partial charge is 0.327 e. The average Bonchev–Trinajstić information content (AvgIpc) is 2.60. The molecule has 1 aliphatic heterocycles. The first kappa shape index (κ1) is 15.3. The Labute approximate surface area is 120 Å². The van der Waals surface area contributed by atoms with Crippen LogP contribution in [0.4, 0.5) is 0 Å². The van der Waals surface area contributed by atoms with Gasteiger partial charge in [-0.2, -0.15) is 0 Å². The van der Waals surface area contributed by atoms with E-state index in [1.807, 2.05) is 0 Å². The zero-order valence-corrected chi connectivity index (χ0v) is 13.3. The SMILES string of the molecule is CCC1CCCCCN1CC1CCCC(C)(C)C1N. The molecule has 3 atom stereocenters. The van der Waals surface area contributed by atoms with E-state index in [4.69, 9.17) is 5.73 Å². The van der Waals surface area contributed by atoms with Crippen molar-refractivity contribution in [2.75, 3.05) is 13.1 Å². The van der Waals surface area contributed by atoms with Crippen molar-refractivity contribution in [2.45, 2.75) is 84.2 Å². The molecule has 1 saturated carbocycles. The number of hydrogen-bond donors (Lipinski definition) is 1. The molecule has 2 rings (SSSR count). The standard InChI is InChI=1S/C17H34N2/c1-4-15-10-6-5-7-12-19(15)13-14-9-8-11-17(2,3)16(14)18/h14-16H,4-13,18H2,1-3H3. The van der Waals surface area contributed by atoms with Crippen LogP contribution in [0.5, 0.6) is 0 Å². The van der Waals surface area contributed by atoms with E-state index in [2.05, 4.69) is 25.7 Å². The first-order valence-corrected chi connectivity index (χ1v) is 8.54. The number of nitrogens with zero attached hydrogens (tertiary/aromatic N) is 1. The van der Waals surface area contributed by atoms with Gasteiger partial charge in [-0.25, -0.2) is 0 Å². The smallest absolute Gasteiger partial charge is 0.0131 e. The van der Waals surface area contributed by atoms with Gasteiger partial charge in [0.15, 0.2) is 0 Å². The lowest BCUT2D eigenvalue weighted by Crippen LogP contribution is -2.51. The second-order valence-corrected chi connectivity index (χ2v) is 7.57. The van der Waals surface area contributed by atoms with E-state index in [0.29, 0.717) is 11.5 Å². The molecule has 0 aromatic rings. The van der Waals surface area contributed by atoms with Crippen molar-refractivity contribution in [3.8, 4) is 0 Å². The molecular formula is C17H34N2. The minimum absolute atomic E-state index is 0.344. The van der Waals surface area contributed by atoms with Gasteiger partial charge in [0.05, 0.1) is 0 Å². The summed E-state index contributed by atoms with van der Waals surface area (Å²) in [6.45, 7) is 9.64. The minimum Gasteiger partial charge on any atom is -0.327 e. The molecule has 0 aromatic carbocycles. The molecule has 1 heterocycles. The molecule has 0 aromatic heterocycles. The lowest BCUT2D eigenvalue weighted by atomic mass is 9.68. The van der Waals surface area contributed by atoms with Crippen molar-refractivity contribution in [3.63, 3.8) is 0 Å². The van der Waals surface area contributed by atoms with Gasteiger partial charge in [-0.3, -0.25) is 0 Å². The summed E-state index contributed by atoms with van der Waals surface area (Å²) >= 11 is 0. The topological polar surface area (TPSA) is 29.3 Å². The highest BCUT2D eigenvalue weighted by atomic mass is 15.2. The predicted molar refractivity (Wildman–Crippen MR) is 83.2 cm³/mol. The maximum absolute atomic E-state index is 6.57.